The van der Waals surface area contributed by atoms with Gasteiger partial charge in [-0.15, -0.1) is 0 Å². The fourth-order valence-corrected chi connectivity index (χ4v) is 4.09. The van der Waals surface area contributed by atoms with Crippen molar-refractivity contribution in [3.8, 4) is 0 Å². The molecule has 7 heteroatoms. The zero-order valence-corrected chi connectivity index (χ0v) is 17.7. The Morgan fingerprint density at radius 3 is 2.48 bits per heavy atom. The molecule has 4 nitrogen and oxygen atoms in total. The molecule has 150 valence electrons. The van der Waals surface area contributed by atoms with Gasteiger partial charge in [0, 0.05) is 18.7 Å². The highest BCUT2D eigenvalue weighted by atomic mass is 35.5. The van der Waals surface area contributed by atoms with E-state index in [0.717, 1.165) is 15.5 Å². The second kappa shape index (κ2) is 8.86. The number of carbonyl (C=O) groups excluding carboxylic acids is 1. The zero-order chi connectivity index (χ0) is 19.7. The minimum atomic E-state index is -0.370. The van der Waals surface area contributed by atoms with Crippen LogP contribution in [0.1, 0.15) is 10.4 Å². The van der Waals surface area contributed by atoms with Crippen molar-refractivity contribution in [3.63, 3.8) is 0 Å². The first-order valence-corrected chi connectivity index (χ1v) is 9.85. The van der Waals surface area contributed by atoms with Crippen molar-refractivity contribution in [1.82, 2.24) is 9.88 Å². The molecule has 1 heterocycles. The second-order valence-electron chi connectivity index (χ2n) is 6.91. The first-order valence-electron chi connectivity index (χ1n) is 9.03. The van der Waals surface area contributed by atoms with Gasteiger partial charge >= 0.3 is 0 Å². The number of rotatable bonds is 5. The van der Waals surface area contributed by atoms with Gasteiger partial charge in [-0.25, -0.2) is 9.37 Å². The maximum absolute atomic E-state index is 14.1. The molecule has 4 rings (SSSR count). The largest absolute Gasteiger partial charge is 1.00 e. The van der Waals surface area contributed by atoms with Gasteiger partial charge in [-0.2, -0.15) is 0 Å². The summed E-state index contributed by atoms with van der Waals surface area (Å²) in [7, 11) is 3.91. The first kappa shape index (κ1) is 21.2. The van der Waals surface area contributed by atoms with E-state index in [1.807, 2.05) is 67.5 Å². The molecule has 1 aromatic heterocycles. The number of likely N-dealkylation sites (N-methyl/N-ethyl adjacent to an activating group) is 1. The molecule has 3 aromatic carbocycles. The van der Waals surface area contributed by atoms with E-state index in [-0.39, 0.29) is 24.1 Å². The van der Waals surface area contributed by atoms with E-state index in [1.54, 1.807) is 11.0 Å². The molecule has 0 N–H and O–H groups in total. The van der Waals surface area contributed by atoms with Crippen LogP contribution in [-0.2, 0) is 0 Å². The molecule has 0 unspecified atom stereocenters. The van der Waals surface area contributed by atoms with Crippen molar-refractivity contribution < 1.29 is 21.6 Å². The molecule has 0 spiro atoms. The van der Waals surface area contributed by atoms with Crippen LogP contribution in [0.25, 0.3) is 21.0 Å². The number of nitrogens with zero attached hydrogens (tertiary/aromatic N) is 3. The minimum Gasteiger partial charge on any atom is -1.00 e. The third-order valence-corrected chi connectivity index (χ3v) is 5.65. The average Bonchev–Trinajstić information content (AvgIpc) is 3.12. The van der Waals surface area contributed by atoms with Crippen LogP contribution in [0.3, 0.4) is 0 Å². The van der Waals surface area contributed by atoms with Crippen molar-refractivity contribution in [2.75, 3.05) is 32.1 Å². The third-order valence-electron chi connectivity index (χ3n) is 4.60. The lowest BCUT2D eigenvalue weighted by Gasteiger charge is -2.22. The number of amides is 1. The van der Waals surface area contributed by atoms with Gasteiger partial charge in [0.25, 0.3) is 5.91 Å². The Morgan fingerprint density at radius 1 is 1.00 bits per heavy atom. The molecule has 29 heavy (non-hydrogen) atoms. The van der Waals surface area contributed by atoms with Crippen LogP contribution in [-0.4, -0.2) is 43.0 Å². The van der Waals surface area contributed by atoms with Crippen molar-refractivity contribution in [2.24, 2.45) is 0 Å². The Morgan fingerprint density at radius 2 is 1.76 bits per heavy atom. The van der Waals surface area contributed by atoms with Crippen molar-refractivity contribution >= 4 is 43.4 Å². The smallest absolute Gasteiger partial charge is 0.260 e. The molecule has 0 radical (unpaired) electrons. The number of para-hydroxylation sites is 1. The van der Waals surface area contributed by atoms with Crippen molar-refractivity contribution in [3.05, 3.63) is 72.0 Å². The summed E-state index contributed by atoms with van der Waals surface area (Å²) in [6.45, 7) is 1.15. The van der Waals surface area contributed by atoms with E-state index < -0.39 is 0 Å². The van der Waals surface area contributed by atoms with E-state index in [2.05, 4.69) is 4.98 Å². The fourth-order valence-electron chi connectivity index (χ4n) is 3.08. The molecule has 4 aromatic rings. The van der Waals surface area contributed by atoms with Gasteiger partial charge in [-0.3, -0.25) is 9.69 Å². The highest BCUT2D eigenvalue weighted by molar-refractivity contribution is 7.22. The third kappa shape index (κ3) is 4.40. The summed E-state index contributed by atoms with van der Waals surface area (Å²) in [4.78, 5) is 21.4. The summed E-state index contributed by atoms with van der Waals surface area (Å²) in [5.41, 5.74) is 0.904. The maximum Gasteiger partial charge on any atom is 0.260 e. The Hall–Kier alpha value is -2.54. The quantitative estimate of drug-likeness (QED) is 0.486. The lowest BCUT2D eigenvalue weighted by atomic mass is 10.1. The molecule has 0 bridgehead atoms. The zero-order valence-electron chi connectivity index (χ0n) is 16.1. The number of halogens is 2. The first-order chi connectivity index (χ1) is 13.5. The summed E-state index contributed by atoms with van der Waals surface area (Å²) >= 11 is 1.33. The van der Waals surface area contributed by atoms with Crippen LogP contribution in [0.4, 0.5) is 9.52 Å². The fraction of sp³-hybridized carbons (Fsp3) is 0.182. The highest BCUT2D eigenvalue weighted by Crippen LogP contribution is 2.31. The molecule has 0 aliphatic heterocycles. The normalized spacial score (nSPS) is 11.0. The van der Waals surface area contributed by atoms with E-state index in [4.69, 9.17) is 0 Å². The van der Waals surface area contributed by atoms with Crippen LogP contribution >= 0.6 is 11.3 Å². The monoisotopic (exact) mass is 428 g/mol. The molecule has 0 saturated carbocycles. The molecule has 0 aliphatic rings. The van der Waals surface area contributed by atoms with Crippen LogP contribution < -0.4 is 17.3 Å². The van der Waals surface area contributed by atoms with Crippen molar-refractivity contribution in [2.45, 2.75) is 0 Å². The number of hydrogen-bond acceptors (Lipinski definition) is 4. The molecular formula is C22H20ClFN3OS-. The molecule has 0 atom stereocenters. The summed E-state index contributed by atoms with van der Waals surface area (Å²) in [6, 6.07) is 18.5. The Balaban J connectivity index is 0.00000240. The van der Waals surface area contributed by atoms with Gasteiger partial charge in [0.2, 0.25) is 0 Å². The Bertz CT molecular complexity index is 1160. The van der Waals surface area contributed by atoms with E-state index >= 15 is 0 Å². The standard InChI is InChI=1S/C22H20FN3OS.ClH/c1-25(2)12-13-26(22-24-20-18(23)8-5-9-19(20)28-22)21(27)17-11-10-15-6-3-4-7-16(15)14-17;/h3-11,14H,12-13H2,1-2H3;1H/p-1. The van der Waals surface area contributed by atoms with Gasteiger partial charge in [0.1, 0.15) is 11.3 Å². The van der Waals surface area contributed by atoms with E-state index in [9.17, 15) is 9.18 Å². The van der Waals surface area contributed by atoms with Crippen LogP contribution in [0.2, 0.25) is 0 Å². The lowest BCUT2D eigenvalue weighted by Crippen LogP contribution is -3.00. The predicted octanol–water partition coefficient (Wildman–Crippen LogP) is 1.80. The van der Waals surface area contributed by atoms with Crippen LogP contribution in [0.5, 0.6) is 0 Å². The predicted molar refractivity (Wildman–Crippen MR) is 114 cm³/mol. The molecule has 0 saturated heterocycles. The molecule has 0 fully saturated rings. The van der Waals surface area contributed by atoms with Gasteiger partial charge in [0.05, 0.1) is 4.70 Å². The number of thiazole rings is 1. The summed E-state index contributed by atoms with van der Waals surface area (Å²) in [5.74, 6) is -0.502. The molecule has 0 aliphatic carbocycles. The number of carbonyl (C=O) groups is 1. The summed E-state index contributed by atoms with van der Waals surface area (Å²) in [6.07, 6.45) is 0. The maximum atomic E-state index is 14.1. The van der Waals surface area contributed by atoms with Crippen LogP contribution in [0, 0.1) is 5.82 Å². The minimum absolute atomic E-state index is 0. The lowest BCUT2D eigenvalue weighted by molar-refractivity contribution is -0.0000138. The van der Waals surface area contributed by atoms with Gasteiger partial charge in [-0.1, -0.05) is 47.7 Å². The Labute approximate surface area is 179 Å². The molecular weight excluding hydrogens is 409 g/mol. The van der Waals surface area contributed by atoms with Gasteiger partial charge in [0.15, 0.2) is 5.13 Å². The number of aromatic nitrogens is 1. The second-order valence-corrected chi connectivity index (χ2v) is 7.91. The van der Waals surface area contributed by atoms with Crippen LogP contribution in [0.15, 0.2) is 60.7 Å². The SMILES string of the molecule is CN(C)CCN(C(=O)c1ccc2ccccc2c1)c1nc2c(F)cccc2s1.[Cl-]. The molecule has 1 amide bonds. The summed E-state index contributed by atoms with van der Waals surface area (Å²) < 4.78 is 14.8. The Kier molecular flexibility index (Phi) is 6.47. The van der Waals surface area contributed by atoms with Gasteiger partial charge < -0.3 is 17.3 Å². The number of anilines is 1. The van der Waals surface area contributed by atoms with Crippen molar-refractivity contribution in [1.29, 1.82) is 0 Å². The van der Waals surface area contributed by atoms with Gasteiger partial charge in [-0.05, 0) is 49.1 Å². The van der Waals surface area contributed by atoms with E-state index in [0.29, 0.717) is 29.3 Å². The van der Waals surface area contributed by atoms with E-state index in [1.165, 1.54) is 17.4 Å². The summed E-state index contributed by atoms with van der Waals surface area (Å²) in [5, 5.41) is 2.61. The topological polar surface area (TPSA) is 36.4 Å². The average molecular weight is 429 g/mol. The number of hydrogen-bond donors (Lipinski definition) is 0. The number of fused-ring (bicyclic) bond motifs is 2. The number of benzene rings is 3. The highest BCUT2D eigenvalue weighted by Gasteiger charge is 2.22.